The molecule has 0 aliphatic heterocycles. The van der Waals surface area contributed by atoms with Gasteiger partial charge < -0.3 is 0 Å². The molecule has 70 valence electrons. The molecule has 0 spiro atoms. The van der Waals surface area contributed by atoms with Crippen molar-refractivity contribution in [3.8, 4) is 0 Å². The summed E-state index contributed by atoms with van der Waals surface area (Å²) >= 11 is 0. The molecule has 12 heavy (non-hydrogen) atoms. The Morgan fingerprint density at radius 1 is 1.33 bits per heavy atom. The average molecular weight is 166 g/mol. The highest BCUT2D eigenvalue weighted by Crippen LogP contribution is 2.11. The van der Waals surface area contributed by atoms with Crippen LogP contribution in [0, 0.1) is 5.92 Å². The molecule has 0 fully saturated rings. The van der Waals surface area contributed by atoms with Gasteiger partial charge in [-0.3, -0.25) is 0 Å². The first-order chi connectivity index (χ1) is 5.66. The number of hydrogen-bond donors (Lipinski definition) is 0. The summed E-state index contributed by atoms with van der Waals surface area (Å²) < 4.78 is 0. The number of hydrogen-bond acceptors (Lipinski definition) is 0. The van der Waals surface area contributed by atoms with Crippen molar-refractivity contribution in [3.05, 3.63) is 23.8 Å². The zero-order valence-electron chi connectivity index (χ0n) is 8.93. The normalized spacial score (nSPS) is 13.3. The minimum Gasteiger partial charge on any atom is -0.0917 e. The molecule has 0 amide bonds. The molecule has 0 nitrogen and oxygen atoms in total. The number of rotatable bonds is 5. The monoisotopic (exact) mass is 166 g/mol. The molecule has 0 aromatic heterocycles. The largest absolute Gasteiger partial charge is 0.0917 e. The molecule has 0 N–H and O–H groups in total. The Kier molecular flexibility index (Phi) is 6.84. The van der Waals surface area contributed by atoms with E-state index in [1.807, 2.05) is 0 Å². The van der Waals surface area contributed by atoms with E-state index < -0.39 is 0 Å². The highest BCUT2D eigenvalue weighted by atomic mass is 14.0. The summed E-state index contributed by atoms with van der Waals surface area (Å²) in [4.78, 5) is 0. The van der Waals surface area contributed by atoms with Crippen molar-refractivity contribution in [2.24, 2.45) is 5.92 Å². The molecule has 0 aromatic rings. The van der Waals surface area contributed by atoms with Crippen LogP contribution in [0.4, 0.5) is 0 Å². The van der Waals surface area contributed by atoms with E-state index in [0.717, 1.165) is 5.92 Å². The van der Waals surface area contributed by atoms with Crippen molar-refractivity contribution >= 4 is 0 Å². The first-order valence-electron chi connectivity index (χ1n) is 4.91. The molecule has 0 unspecified atom stereocenters. The van der Waals surface area contributed by atoms with Crippen molar-refractivity contribution in [1.29, 1.82) is 0 Å². The third kappa shape index (κ3) is 7.59. The lowest BCUT2D eigenvalue weighted by molar-refractivity contribution is 0.545. The summed E-state index contributed by atoms with van der Waals surface area (Å²) in [5.41, 5.74) is 1.44. The van der Waals surface area contributed by atoms with Crippen LogP contribution in [-0.4, -0.2) is 0 Å². The van der Waals surface area contributed by atoms with Gasteiger partial charge in [0.15, 0.2) is 0 Å². The van der Waals surface area contributed by atoms with Crippen molar-refractivity contribution in [3.63, 3.8) is 0 Å². The van der Waals surface area contributed by atoms with Crippen LogP contribution in [-0.2, 0) is 0 Å². The Balaban J connectivity index is 3.43. The summed E-state index contributed by atoms with van der Waals surface area (Å²) in [6, 6.07) is 0. The second kappa shape index (κ2) is 7.15. The fourth-order valence-electron chi connectivity index (χ4n) is 1.14. The molecule has 0 rings (SSSR count). The van der Waals surface area contributed by atoms with E-state index in [1.165, 1.54) is 24.8 Å². The molecular formula is C12H22. The van der Waals surface area contributed by atoms with Crippen molar-refractivity contribution in [2.75, 3.05) is 0 Å². The maximum absolute atomic E-state index is 2.33. The van der Waals surface area contributed by atoms with E-state index in [2.05, 4.69) is 45.9 Å². The zero-order valence-corrected chi connectivity index (χ0v) is 8.93. The van der Waals surface area contributed by atoms with Crippen LogP contribution in [0.3, 0.4) is 0 Å². The smallest absolute Gasteiger partial charge is 0.0325 e. The predicted molar refractivity (Wildman–Crippen MR) is 57.3 cm³/mol. The van der Waals surface area contributed by atoms with E-state index in [9.17, 15) is 0 Å². The van der Waals surface area contributed by atoms with Crippen molar-refractivity contribution < 1.29 is 0 Å². The minimum atomic E-state index is 0.830. The molecule has 1 atom stereocenters. The van der Waals surface area contributed by atoms with Crippen LogP contribution < -0.4 is 0 Å². The van der Waals surface area contributed by atoms with Gasteiger partial charge >= 0.3 is 0 Å². The lowest BCUT2D eigenvalue weighted by Crippen LogP contribution is -1.91. The first kappa shape index (κ1) is 11.5. The predicted octanol–water partition coefficient (Wildman–Crippen LogP) is 4.34. The van der Waals surface area contributed by atoms with Crippen LogP contribution in [0.5, 0.6) is 0 Å². The van der Waals surface area contributed by atoms with E-state index in [4.69, 9.17) is 0 Å². The quantitative estimate of drug-likeness (QED) is 0.533. The average Bonchev–Trinajstić information content (AvgIpc) is 2.00. The molecule has 0 heteroatoms. The van der Waals surface area contributed by atoms with Gasteiger partial charge in [-0.15, -0.1) is 0 Å². The second-order valence-corrected chi connectivity index (χ2v) is 3.77. The van der Waals surface area contributed by atoms with Gasteiger partial charge in [-0.25, -0.2) is 0 Å². The third-order valence-electron chi connectivity index (χ3n) is 1.99. The molecule has 0 heterocycles. The van der Waals surface area contributed by atoms with Crippen molar-refractivity contribution in [2.45, 2.75) is 47.0 Å². The molecule has 0 aromatic carbocycles. The summed E-state index contributed by atoms with van der Waals surface area (Å²) in [6.45, 7) is 8.73. The highest BCUT2D eigenvalue weighted by Gasteiger charge is 1.96. The summed E-state index contributed by atoms with van der Waals surface area (Å²) in [5.74, 6) is 0.830. The summed E-state index contributed by atoms with van der Waals surface area (Å²) in [5, 5.41) is 0. The maximum atomic E-state index is 2.33. The van der Waals surface area contributed by atoms with Gasteiger partial charge in [0.25, 0.3) is 0 Å². The van der Waals surface area contributed by atoms with Crippen molar-refractivity contribution in [1.82, 2.24) is 0 Å². The van der Waals surface area contributed by atoms with Crippen LogP contribution in [0.2, 0.25) is 0 Å². The molecular weight excluding hydrogens is 144 g/mol. The van der Waals surface area contributed by atoms with Crippen LogP contribution in [0.15, 0.2) is 23.8 Å². The molecule has 0 aliphatic rings. The summed E-state index contributed by atoms with van der Waals surface area (Å²) in [7, 11) is 0. The SMILES string of the molecule is C/C=C/C[C@@H](C)CCC=C(C)C. The highest BCUT2D eigenvalue weighted by molar-refractivity contribution is 4.93. The first-order valence-corrected chi connectivity index (χ1v) is 4.91. The molecule has 0 radical (unpaired) electrons. The molecule has 0 bridgehead atoms. The molecule has 0 saturated carbocycles. The van der Waals surface area contributed by atoms with Gasteiger partial charge in [0.1, 0.15) is 0 Å². The van der Waals surface area contributed by atoms with E-state index >= 15 is 0 Å². The third-order valence-corrected chi connectivity index (χ3v) is 1.99. The molecule has 0 saturated heterocycles. The minimum absolute atomic E-state index is 0.830. The van der Waals surface area contributed by atoms with Gasteiger partial charge in [-0.05, 0) is 46.0 Å². The fourth-order valence-corrected chi connectivity index (χ4v) is 1.14. The van der Waals surface area contributed by atoms with Crippen LogP contribution in [0.1, 0.15) is 47.0 Å². The van der Waals surface area contributed by atoms with Crippen LogP contribution >= 0.6 is 0 Å². The van der Waals surface area contributed by atoms with Gasteiger partial charge in [0.2, 0.25) is 0 Å². The van der Waals surface area contributed by atoms with E-state index in [-0.39, 0.29) is 0 Å². The second-order valence-electron chi connectivity index (χ2n) is 3.77. The fraction of sp³-hybridized carbons (Fsp3) is 0.667. The zero-order chi connectivity index (χ0) is 9.40. The lowest BCUT2D eigenvalue weighted by atomic mass is 10.0. The van der Waals surface area contributed by atoms with Crippen LogP contribution in [0.25, 0.3) is 0 Å². The Morgan fingerprint density at radius 2 is 2.00 bits per heavy atom. The van der Waals surface area contributed by atoms with Gasteiger partial charge in [-0.2, -0.15) is 0 Å². The van der Waals surface area contributed by atoms with Gasteiger partial charge in [0, 0.05) is 0 Å². The lowest BCUT2D eigenvalue weighted by Gasteiger charge is -2.05. The molecule has 0 aliphatic carbocycles. The number of allylic oxidation sites excluding steroid dienone is 4. The van der Waals surface area contributed by atoms with E-state index in [0.29, 0.717) is 0 Å². The Labute approximate surface area is 77.4 Å². The maximum Gasteiger partial charge on any atom is -0.0325 e. The Hall–Kier alpha value is -0.520. The topological polar surface area (TPSA) is 0 Å². The van der Waals surface area contributed by atoms with E-state index in [1.54, 1.807) is 0 Å². The van der Waals surface area contributed by atoms with Gasteiger partial charge in [-0.1, -0.05) is 30.7 Å². The Morgan fingerprint density at radius 3 is 2.50 bits per heavy atom. The standard InChI is InChI=1S/C12H22/c1-5-6-9-12(4)10-7-8-11(2)3/h5-6,8,12H,7,9-10H2,1-4H3/b6-5+/t12-/m1/s1. The van der Waals surface area contributed by atoms with Gasteiger partial charge in [0.05, 0.1) is 0 Å². The Bertz CT molecular complexity index is 147. The summed E-state index contributed by atoms with van der Waals surface area (Å²) in [6.07, 6.45) is 10.5.